The molecule has 3 N–H and O–H groups in total. The van der Waals surface area contributed by atoms with E-state index < -0.39 is 6.04 Å². The van der Waals surface area contributed by atoms with Gasteiger partial charge in [-0.3, -0.25) is 4.79 Å². The lowest BCUT2D eigenvalue weighted by molar-refractivity contribution is -0.122. The number of anilines is 1. The zero-order valence-corrected chi connectivity index (χ0v) is 14.6. The van der Waals surface area contributed by atoms with Crippen LogP contribution in [-0.2, 0) is 11.3 Å². The molecule has 5 nitrogen and oxygen atoms in total. The molecule has 0 aliphatic heterocycles. The second-order valence-electron chi connectivity index (χ2n) is 5.80. The van der Waals surface area contributed by atoms with Gasteiger partial charge in [0.15, 0.2) is 0 Å². The molecule has 128 valence electrons. The number of nitrogens with two attached hydrogens (primary N) is 1. The average molecular weight is 326 g/mol. The van der Waals surface area contributed by atoms with Crippen molar-refractivity contribution in [1.29, 1.82) is 0 Å². The van der Waals surface area contributed by atoms with Crippen molar-refractivity contribution >= 4 is 11.7 Å². The molecule has 0 aliphatic rings. The van der Waals surface area contributed by atoms with Crippen LogP contribution < -0.4 is 16.0 Å². The third-order valence-electron chi connectivity index (χ3n) is 4.08. The van der Waals surface area contributed by atoms with Gasteiger partial charge < -0.3 is 16.0 Å². The maximum Gasteiger partial charge on any atom is 0.241 e. The van der Waals surface area contributed by atoms with Crippen molar-refractivity contribution in [2.24, 2.45) is 5.73 Å². The zero-order chi connectivity index (χ0) is 17.5. The highest BCUT2D eigenvalue weighted by atomic mass is 16.2. The average Bonchev–Trinajstić information content (AvgIpc) is 2.62. The number of aryl methyl sites for hydroxylation is 1. The molecule has 1 amide bonds. The second kappa shape index (κ2) is 8.45. The molecule has 1 aromatic heterocycles. The Morgan fingerprint density at radius 2 is 1.83 bits per heavy atom. The van der Waals surface area contributed by atoms with E-state index in [1.165, 1.54) is 0 Å². The van der Waals surface area contributed by atoms with Crippen LogP contribution in [-0.4, -0.2) is 24.0 Å². The maximum atomic E-state index is 12.2. The lowest BCUT2D eigenvalue weighted by Crippen LogP contribution is -2.33. The van der Waals surface area contributed by atoms with Gasteiger partial charge in [0.25, 0.3) is 0 Å². The molecular formula is C19H26N4O. The summed E-state index contributed by atoms with van der Waals surface area (Å²) in [5, 5.41) is 2.87. The van der Waals surface area contributed by atoms with E-state index in [0.29, 0.717) is 6.54 Å². The predicted molar refractivity (Wildman–Crippen MR) is 97.8 cm³/mol. The Bertz CT molecular complexity index is 648. The highest BCUT2D eigenvalue weighted by Gasteiger charge is 2.15. The van der Waals surface area contributed by atoms with Gasteiger partial charge in [0.1, 0.15) is 11.9 Å². The number of hydrogen-bond acceptors (Lipinski definition) is 4. The van der Waals surface area contributed by atoms with E-state index in [9.17, 15) is 4.79 Å². The van der Waals surface area contributed by atoms with Crippen molar-refractivity contribution in [2.45, 2.75) is 33.4 Å². The standard InChI is InChI=1S/C19H26N4O/c1-4-23(5-2)17-11-8-15(12-21-17)13-22-19(24)18(20)16-9-6-14(3)7-10-16/h6-12,18H,4-5,13,20H2,1-3H3,(H,22,24). The number of carbonyl (C=O) groups is 1. The lowest BCUT2D eigenvalue weighted by atomic mass is 10.1. The monoisotopic (exact) mass is 326 g/mol. The lowest BCUT2D eigenvalue weighted by Gasteiger charge is -2.19. The number of nitrogens with zero attached hydrogens (tertiary/aromatic N) is 2. The Balaban J connectivity index is 1.92. The van der Waals surface area contributed by atoms with Crippen LogP contribution in [0.3, 0.4) is 0 Å². The van der Waals surface area contributed by atoms with Gasteiger partial charge in [0.05, 0.1) is 0 Å². The minimum atomic E-state index is -0.659. The van der Waals surface area contributed by atoms with Crippen molar-refractivity contribution in [2.75, 3.05) is 18.0 Å². The molecule has 0 aliphatic carbocycles. The van der Waals surface area contributed by atoms with Crippen molar-refractivity contribution in [3.8, 4) is 0 Å². The smallest absolute Gasteiger partial charge is 0.241 e. The number of amides is 1. The van der Waals surface area contributed by atoms with Crippen LogP contribution in [0.15, 0.2) is 42.6 Å². The number of aromatic nitrogens is 1. The Morgan fingerprint density at radius 3 is 2.38 bits per heavy atom. The fourth-order valence-corrected chi connectivity index (χ4v) is 2.48. The summed E-state index contributed by atoms with van der Waals surface area (Å²) in [4.78, 5) is 18.8. The van der Waals surface area contributed by atoms with E-state index >= 15 is 0 Å². The molecule has 0 spiro atoms. The van der Waals surface area contributed by atoms with E-state index in [2.05, 4.69) is 29.0 Å². The summed E-state index contributed by atoms with van der Waals surface area (Å²) < 4.78 is 0. The van der Waals surface area contributed by atoms with Crippen LogP contribution in [0.25, 0.3) is 0 Å². The van der Waals surface area contributed by atoms with Crippen molar-refractivity contribution in [1.82, 2.24) is 10.3 Å². The number of rotatable bonds is 7. The molecule has 1 atom stereocenters. The third kappa shape index (κ3) is 4.55. The van der Waals surface area contributed by atoms with Crippen LogP contribution in [0.2, 0.25) is 0 Å². The Labute approximate surface area is 143 Å². The van der Waals surface area contributed by atoms with Gasteiger partial charge in [-0.25, -0.2) is 4.98 Å². The van der Waals surface area contributed by atoms with Gasteiger partial charge >= 0.3 is 0 Å². The van der Waals surface area contributed by atoms with Gasteiger partial charge in [0, 0.05) is 25.8 Å². The Kier molecular flexibility index (Phi) is 6.32. The SMILES string of the molecule is CCN(CC)c1ccc(CNC(=O)C(N)c2ccc(C)cc2)cn1. The zero-order valence-electron chi connectivity index (χ0n) is 14.6. The second-order valence-corrected chi connectivity index (χ2v) is 5.80. The Morgan fingerprint density at radius 1 is 1.17 bits per heavy atom. The molecule has 0 fully saturated rings. The van der Waals surface area contributed by atoms with Gasteiger partial charge in [-0.2, -0.15) is 0 Å². The van der Waals surface area contributed by atoms with Crippen LogP contribution in [0, 0.1) is 6.92 Å². The normalized spacial score (nSPS) is 11.8. The number of pyridine rings is 1. The summed E-state index contributed by atoms with van der Waals surface area (Å²) in [5.74, 6) is 0.762. The summed E-state index contributed by atoms with van der Waals surface area (Å²) >= 11 is 0. The van der Waals surface area contributed by atoms with Crippen LogP contribution >= 0.6 is 0 Å². The Hall–Kier alpha value is -2.40. The first-order valence-corrected chi connectivity index (χ1v) is 8.34. The molecule has 24 heavy (non-hydrogen) atoms. The first kappa shape index (κ1) is 17.9. The van der Waals surface area contributed by atoms with Crippen molar-refractivity contribution in [3.05, 3.63) is 59.3 Å². The van der Waals surface area contributed by atoms with Gasteiger partial charge in [-0.1, -0.05) is 35.9 Å². The van der Waals surface area contributed by atoms with Crippen molar-refractivity contribution in [3.63, 3.8) is 0 Å². The molecular weight excluding hydrogens is 300 g/mol. The molecule has 1 heterocycles. The van der Waals surface area contributed by atoms with Crippen LogP contribution in [0.5, 0.6) is 0 Å². The highest BCUT2D eigenvalue weighted by Crippen LogP contribution is 2.13. The molecule has 0 radical (unpaired) electrons. The van der Waals surface area contributed by atoms with Crippen LogP contribution in [0.1, 0.15) is 36.6 Å². The summed E-state index contributed by atoms with van der Waals surface area (Å²) in [5.41, 5.74) is 8.93. The molecule has 2 aromatic rings. The van der Waals surface area contributed by atoms with Gasteiger partial charge in [-0.15, -0.1) is 0 Å². The molecule has 0 bridgehead atoms. The number of carbonyl (C=O) groups excluding carboxylic acids is 1. The summed E-state index contributed by atoms with van der Waals surface area (Å²) in [7, 11) is 0. The van der Waals surface area contributed by atoms with E-state index in [-0.39, 0.29) is 5.91 Å². The number of hydrogen-bond donors (Lipinski definition) is 2. The van der Waals surface area contributed by atoms with Crippen LogP contribution in [0.4, 0.5) is 5.82 Å². The first-order chi connectivity index (χ1) is 11.5. The number of nitrogens with one attached hydrogen (secondary N) is 1. The first-order valence-electron chi connectivity index (χ1n) is 8.34. The molecule has 0 saturated heterocycles. The minimum Gasteiger partial charge on any atom is -0.357 e. The summed E-state index contributed by atoms with van der Waals surface area (Å²) in [6, 6.07) is 11.0. The summed E-state index contributed by atoms with van der Waals surface area (Å²) in [6.45, 7) is 8.47. The largest absolute Gasteiger partial charge is 0.357 e. The topological polar surface area (TPSA) is 71.2 Å². The van der Waals surface area contributed by atoms with E-state index in [4.69, 9.17) is 5.73 Å². The summed E-state index contributed by atoms with van der Waals surface area (Å²) in [6.07, 6.45) is 1.80. The fraction of sp³-hybridized carbons (Fsp3) is 0.368. The predicted octanol–water partition coefficient (Wildman–Crippen LogP) is 2.55. The van der Waals surface area contributed by atoms with E-state index in [1.807, 2.05) is 43.3 Å². The molecule has 0 saturated carbocycles. The molecule has 1 unspecified atom stereocenters. The van der Waals surface area contributed by atoms with Gasteiger partial charge in [0.2, 0.25) is 5.91 Å². The quantitative estimate of drug-likeness (QED) is 0.820. The minimum absolute atomic E-state index is 0.188. The number of benzene rings is 1. The van der Waals surface area contributed by atoms with Crippen molar-refractivity contribution < 1.29 is 4.79 Å². The van der Waals surface area contributed by atoms with E-state index in [0.717, 1.165) is 35.6 Å². The van der Waals surface area contributed by atoms with Gasteiger partial charge in [-0.05, 0) is 38.0 Å². The fourth-order valence-electron chi connectivity index (χ4n) is 2.48. The van der Waals surface area contributed by atoms with E-state index in [1.54, 1.807) is 6.20 Å². The molecule has 5 heteroatoms. The maximum absolute atomic E-state index is 12.2. The molecule has 2 rings (SSSR count). The highest BCUT2D eigenvalue weighted by molar-refractivity contribution is 5.82. The molecule has 1 aromatic carbocycles. The third-order valence-corrected chi connectivity index (χ3v) is 4.08.